The molecule has 0 unspecified atom stereocenters. The van der Waals surface area contributed by atoms with Crippen molar-refractivity contribution in [2.45, 2.75) is 27.2 Å². The van der Waals surface area contributed by atoms with E-state index < -0.39 is 5.41 Å². The summed E-state index contributed by atoms with van der Waals surface area (Å²) in [6, 6.07) is 11.8. The average Bonchev–Trinajstić information content (AvgIpc) is 2.43. The summed E-state index contributed by atoms with van der Waals surface area (Å²) in [5.74, 6) is -0.361. The highest BCUT2D eigenvalue weighted by Crippen LogP contribution is 2.26. The Morgan fingerprint density at radius 1 is 1.14 bits per heavy atom. The third kappa shape index (κ3) is 4.08. The minimum atomic E-state index is -0.505. The van der Waals surface area contributed by atoms with Crippen LogP contribution < -0.4 is 5.32 Å². The van der Waals surface area contributed by atoms with Crippen molar-refractivity contribution in [1.29, 1.82) is 0 Å². The van der Waals surface area contributed by atoms with Gasteiger partial charge in [0.15, 0.2) is 0 Å². The normalized spacial score (nSPS) is 11.3. The molecule has 0 heterocycles. The van der Waals surface area contributed by atoms with Crippen molar-refractivity contribution in [3.05, 3.63) is 64.4 Å². The molecule has 22 heavy (non-hydrogen) atoms. The van der Waals surface area contributed by atoms with Crippen LogP contribution in [0, 0.1) is 11.2 Å². The van der Waals surface area contributed by atoms with E-state index in [0.29, 0.717) is 22.7 Å². The average molecular weight is 320 g/mol. The van der Waals surface area contributed by atoms with Gasteiger partial charge in [0.1, 0.15) is 5.82 Å². The first-order valence-electron chi connectivity index (χ1n) is 7.10. The highest BCUT2D eigenvalue weighted by atomic mass is 35.5. The number of carbonyl (C=O) groups is 1. The maximum absolute atomic E-state index is 13.8. The Balaban J connectivity index is 2.33. The Bertz CT molecular complexity index is 692. The lowest BCUT2D eigenvalue weighted by Crippen LogP contribution is -2.28. The molecule has 0 bridgehead atoms. The molecular formula is C18H19ClFNO. The van der Waals surface area contributed by atoms with Crippen molar-refractivity contribution in [2.24, 2.45) is 5.41 Å². The van der Waals surface area contributed by atoms with E-state index in [-0.39, 0.29) is 11.7 Å². The summed E-state index contributed by atoms with van der Waals surface area (Å²) < 4.78 is 13.8. The first-order chi connectivity index (χ1) is 10.3. The monoisotopic (exact) mass is 319 g/mol. The standard InChI is InChI=1S/C18H19ClFNO/c1-18(2,3)17(22)21-16-9-8-14(19)11-13(16)10-12-6-4-5-7-15(12)20/h4-9,11H,10H2,1-3H3,(H,21,22). The van der Waals surface area contributed by atoms with Crippen molar-refractivity contribution in [1.82, 2.24) is 0 Å². The van der Waals surface area contributed by atoms with Crippen molar-refractivity contribution in [2.75, 3.05) is 5.32 Å². The summed E-state index contributed by atoms with van der Waals surface area (Å²) in [4.78, 5) is 12.2. The molecule has 0 saturated heterocycles. The first kappa shape index (κ1) is 16.5. The highest BCUT2D eigenvalue weighted by molar-refractivity contribution is 6.30. The molecule has 116 valence electrons. The van der Waals surface area contributed by atoms with Gasteiger partial charge in [-0.05, 0) is 35.4 Å². The van der Waals surface area contributed by atoms with Gasteiger partial charge in [0.25, 0.3) is 0 Å². The lowest BCUT2D eigenvalue weighted by Gasteiger charge is -2.19. The summed E-state index contributed by atoms with van der Waals surface area (Å²) in [5.41, 5.74) is 1.51. The van der Waals surface area contributed by atoms with Gasteiger partial charge in [-0.2, -0.15) is 0 Å². The van der Waals surface area contributed by atoms with Gasteiger partial charge in [0.05, 0.1) is 0 Å². The lowest BCUT2D eigenvalue weighted by molar-refractivity contribution is -0.123. The molecule has 2 nitrogen and oxygen atoms in total. The van der Waals surface area contributed by atoms with Crippen molar-refractivity contribution >= 4 is 23.2 Å². The molecule has 0 saturated carbocycles. The summed E-state index contributed by atoms with van der Waals surface area (Å²) in [6.45, 7) is 5.53. The lowest BCUT2D eigenvalue weighted by atomic mass is 9.95. The number of carbonyl (C=O) groups excluding carboxylic acids is 1. The molecule has 4 heteroatoms. The van der Waals surface area contributed by atoms with E-state index in [4.69, 9.17) is 11.6 Å². The van der Waals surface area contributed by atoms with Crippen molar-refractivity contribution < 1.29 is 9.18 Å². The maximum Gasteiger partial charge on any atom is 0.229 e. The quantitative estimate of drug-likeness (QED) is 0.842. The molecule has 0 aliphatic carbocycles. The van der Waals surface area contributed by atoms with Gasteiger partial charge in [-0.3, -0.25) is 4.79 Å². The summed E-state index contributed by atoms with van der Waals surface area (Å²) in [5, 5.41) is 3.45. The predicted octanol–water partition coefficient (Wildman–Crippen LogP) is 5.05. The minimum absolute atomic E-state index is 0.0930. The summed E-state index contributed by atoms with van der Waals surface area (Å²) >= 11 is 6.04. The third-order valence-electron chi connectivity index (χ3n) is 3.34. The van der Waals surface area contributed by atoms with Gasteiger partial charge in [-0.25, -0.2) is 4.39 Å². The van der Waals surface area contributed by atoms with Gasteiger partial charge in [0.2, 0.25) is 5.91 Å². The molecule has 2 aromatic rings. The van der Waals surface area contributed by atoms with E-state index in [1.807, 2.05) is 20.8 Å². The summed E-state index contributed by atoms with van der Waals surface area (Å²) in [6.07, 6.45) is 0.368. The molecular weight excluding hydrogens is 301 g/mol. The number of nitrogens with one attached hydrogen (secondary N) is 1. The fourth-order valence-electron chi connectivity index (χ4n) is 1.99. The first-order valence-corrected chi connectivity index (χ1v) is 7.48. The SMILES string of the molecule is CC(C)(C)C(=O)Nc1ccc(Cl)cc1Cc1ccccc1F. The van der Waals surface area contributed by atoms with Crippen LogP contribution in [0.4, 0.5) is 10.1 Å². The third-order valence-corrected chi connectivity index (χ3v) is 3.57. The Morgan fingerprint density at radius 2 is 1.82 bits per heavy atom. The Hall–Kier alpha value is -1.87. The number of hydrogen-bond donors (Lipinski definition) is 1. The zero-order chi connectivity index (χ0) is 16.3. The van der Waals surface area contributed by atoms with E-state index >= 15 is 0 Å². The van der Waals surface area contributed by atoms with Gasteiger partial charge >= 0.3 is 0 Å². The molecule has 2 rings (SSSR count). The number of rotatable bonds is 3. The number of halogens is 2. The van der Waals surface area contributed by atoms with Crippen LogP contribution in [0.3, 0.4) is 0 Å². The molecule has 0 fully saturated rings. The van der Waals surface area contributed by atoms with Gasteiger partial charge in [-0.1, -0.05) is 50.6 Å². The molecule has 0 aliphatic rings. The molecule has 2 aromatic carbocycles. The van der Waals surface area contributed by atoms with Crippen LogP contribution >= 0.6 is 11.6 Å². The number of benzene rings is 2. The molecule has 0 radical (unpaired) electrons. The largest absolute Gasteiger partial charge is 0.325 e. The topological polar surface area (TPSA) is 29.1 Å². The van der Waals surface area contributed by atoms with E-state index in [0.717, 1.165) is 5.56 Å². The van der Waals surface area contributed by atoms with Crippen LogP contribution in [0.2, 0.25) is 5.02 Å². The molecule has 0 atom stereocenters. The van der Waals surface area contributed by atoms with E-state index in [1.54, 1.807) is 36.4 Å². The highest BCUT2D eigenvalue weighted by Gasteiger charge is 2.22. The molecule has 0 aliphatic heterocycles. The summed E-state index contributed by atoms with van der Waals surface area (Å²) in [7, 11) is 0. The number of amides is 1. The Labute approximate surface area is 135 Å². The molecule has 1 N–H and O–H groups in total. The second-order valence-corrected chi connectivity index (χ2v) is 6.71. The van der Waals surface area contributed by atoms with Crippen LogP contribution in [0.25, 0.3) is 0 Å². The zero-order valence-electron chi connectivity index (χ0n) is 12.9. The Morgan fingerprint density at radius 3 is 2.45 bits per heavy atom. The van der Waals surface area contributed by atoms with Crippen LogP contribution in [0.1, 0.15) is 31.9 Å². The fourth-order valence-corrected chi connectivity index (χ4v) is 2.18. The number of hydrogen-bond acceptors (Lipinski definition) is 1. The molecule has 0 spiro atoms. The molecule has 1 amide bonds. The van der Waals surface area contributed by atoms with Crippen LogP contribution in [-0.2, 0) is 11.2 Å². The Kier molecular flexibility index (Phi) is 4.87. The van der Waals surface area contributed by atoms with Gasteiger partial charge < -0.3 is 5.32 Å². The van der Waals surface area contributed by atoms with E-state index in [9.17, 15) is 9.18 Å². The van der Waals surface area contributed by atoms with Crippen LogP contribution in [-0.4, -0.2) is 5.91 Å². The number of anilines is 1. The van der Waals surface area contributed by atoms with Crippen molar-refractivity contribution in [3.63, 3.8) is 0 Å². The van der Waals surface area contributed by atoms with Crippen molar-refractivity contribution in [3.8, 4) is 0 Å². The second kappa shape index (κ2) is 6.49. The predicted molar refractivity (Wildman–Crippen MR) is 88.7 cm³/mol. The molecule has 0 aromatic heterocycles. The minimum Gasteiger partial charge on any atom is -0.325 e. The smallest absolute Gasteiger partial charge is 0.229 e. The van der Waals surface area contributed by atoms with E-state index in [2.05, 4.69) is 5.32 Å². The maximum atomic E-state index is 13.8. The second-order valence-electron chi connectivity index (χ2n) is 6.27. The van der Waals surface area contributed by atoms with Crippen LogP contribution in [0.5, 0.6) is 0 Å². The van der Waals surface area contributed by atoms with Gasteiger partial charge in [-0.15, -0.1) is 0 Å². The van der Waals surface area contributed by atoms with Gasteiger partial charge in [0, 0.05) is 22.5 Å². The fraction of sp³-hybridized carbons (Fsp3) is 0.278. The van der Waals surface area contributed by atoms with E-state index in [1.165, 1.54) is 6.07 Å². The van der Waals surface area contributed by atoms with Crippen LogP contribution in [0.15, 0.2) is 42.5 Å². The zero-order valence-corrected chi connectivity index (χ0v) is 13.7.